The fraction of sp³-hybridized carbons (Fsp3) is 0.167. The zero-order chi connectivity index (χ0) is 10.8. The molecule has 1 aromatic heterocycles. The summed E-state index contributed by atoms with van der Waals surface area (Å²) >= 11 is 1.61. The number of phenolic OH excluding ortho intramolecular Hbond substituents is 1. The maximum atomic E-state index is 9.89. The number of phenols is 1. The van der Waals surface area contributed by atoms with Gasteiger partial charge in [0, 0.05) is 5.56 Å². The Morgan fingerprint density at radius 3 is 2.80 bits per heavy atom. The van der Waals surface area contributed by atoms with Gasteiger partial charge >= 0.3 is 0 Å². The van der Waals surface area contributed by atoms with E-state index in [1.165, 1.54) is 0 Å². The average molecular weight is 219 g/mol. The minimum Gasteiger partial charge on any atom is -0.507 e. The Morgan fingerprint density at radius 2 is 2.13 bits per heavy atom. The second-order valence-corrected chi connectivity index (χ2v) is 4.33. The number of hydrogen-bond donors (Lipinski definition) is 2. The summed E-state index contributed by atoms with van der Waals surface area (Å²) in [6.07, 6.45) is 0. The van der Waals surface area contributed by atoms with Crippen molar-refractivity contribution in [1.29, 1.82) is 0 Å². The van der Waals surface area contributed by atoms with E-state index in [-0.39, 0.29) is 6.04 Å². The number of benzene rings is 1. The molecule has 0 spiro atoms. The first-order chi connectivity index (χ1) is 7.20. The summed E-state index contributed by atoms with van der Waals surface area (Å²) in [5.41, 5.74) is 8.76. The highest BCUT2D eigenvalue weighted by Gasteiger charge is 2.14. The van der Waals surface area contributed by atoms with Gasteiger partial charge in [0.15, 0.2) is 0 Å². The van der Waals surface area contributed by atoms with Crippen LogP contribution in [0.15, 0.2) is 35.0 Å². The van der Waals surface area contributed by atoms with Crippen molar-refractivity contribution < 1.29 is 5.11 Å². The number of nitrogens with two attached hydrogens (primary N) is 1. The second kappa shape index (κ2) is 4.04. The molecule has 1 heterocycles. The van der Waals surface area contributed by atoms with Gasteiger partial charge in [0.25, 0.3) is 0 Å². The topological polar surface area (TPSA) is 46.2 Å². The lowest BCUT2D eigenvalue weighted by atomic mass is 9.99. The number of thiophene rings is 1. The fourth-order valence-corrected chi connectivity index (χ4v) is 2.26. The van der Waals surface area contributed by atoms with E-state index in [1.807, 2.05) is 41.9 Å². The molecule has 2 nitrogen and oxygen atoms in total. The van der Waals surface area contributed by atoms with Crippen LogP contribution < -0.4 is 5.73 Å². The van der Waals surface area contributed by atoms with Gasteiger partial charge in [-0.1, -0.05) is 18.2 Å². The zero-order valence-electron chi connectivity index (χ0n) is 8.47. The zero-order valence-corrected chi connectivity index (χ0v) is 9.29. The summed E-state index contributed by atoms with van der Waals surface area (Å²) in [6.45, 7) is 1.87. The van der Waals surface area contributed by atoms with Crippen LogP contribution in [-0.4, -0.2) is 5.11 Å². The highest BCUT2D eigenvalue weighted by Crippen LogP contribution is 2.30. The van der Waals surface area contributed by atoms with Crippen molar-refractivity contribution in [3.05, 3.63) is 51.7 Å². The van der Waals surface area contributed by atoms with E-state index in [1.54, 1.807) is 11.3 Å². The first-order valence-electron chi connectivity index (χ1n) is 4.76. The van der Waals surface area contributed by atoms with Crippen molar-refractivity contribution in [2.45, 2.75) is 13.0 Å². The van der Waals surface area contributed by atoms with Gasteiger partial charge in [0.2, 0.25) is 0 Å². The van der Waals surface area contributed by atoms with E-state index in [9.17, 15) is 5.11 Å². The molecule has 2 aromatic rings. The molecule has 15 heavy (non-hydrogen) atoms. The highest BCUT2D eigenvalue weighted by molar-refractivity contribution is 7.08. The number of rotatable bonds is 2. The monoisotopic (exact) mass is 219 g/mol. The van der Waals surface area contributed by atoms with Gasteiger partial charge in [0.1, 0.15) is 5.75 Å². The minimum absolute atomic E-state index is 0.240. The Balaban J connectivity index is 2.42. The molecule has 0 aliphatic rings. The third-order valence-corrected chi connectivity index (χ3v) is 3.21. The molecule has 2 rings (SSSR count). The van der Waals surface area contributed by atoms with Crippen molar-refractivity contribution in [2.24, 2.45) is 5.73 Å². The molecule has 3 N–H and O–H groups in total. The van der Waals surface area contributed by atoms with Crippen LogP contribution >= 0.6 is 11.3 Å². The van der Waals surface area contributed by atoms with Crippen molar-refractivity contribution in [1.82, 2.24) is 0 Å². The molecular weight excluding hydrogens is 206 g/mol. The Morgan fingerprint density at radius 1 is 1.33 bits per heavy atom. The molecule has 78 valence electrons. The minimum atomic E-state index is -0.240. The van der Waals surface area contributed by atoms with E-state index in [2.05, 4.69) is 0 Å². The second-order valence-electron chi connectivity index (χ2n) is 3.55. The molecule has 0 unspecified atom stereocenters. The Kier molecular flexibility index (Phi) is 2.75. The maximum Gasteiger partial charge on any atom is 0.123 e. The molecule has 0 amide bonds. The largest absolute Gasteiger partial charge is 0.507 e. The summed E-state index contributed by atoms with van der Waals surface area (Å²) in [6, 6.07) is 7.40. The van der Waals surface area contributed by atoms with Crippen molar-refractivity contribution in [3.63, 3.8) is 0 Å². The van der Waals surface area contributed by atoms with E-state index in [0.717, 1.165) is 16.7 Å². The van der Waals surface area contributed by atoms with Crippen molar-refractivity contribution in [3.8, 4) is 5.75 Å². The number of aryl methyl sites for hydroxylation is 1. The van der Waals surface area contributed by atoms with E-state index < -0.39 is 0 Å². The van der Waals surface area contributed by atoms with Gasteiger partial charge < -0.3 is 10.8 Å². The van der Waals surface area contributed by atoms with Gasteiger partial charge in [-0.2, -0.15) is 11.3 Å². The van der Waals surface area contributed by atoms with Crippen LogP contribution in [0.25, 0.3) is 0 Å². The summed E-state index contributed by atoms with van der Waals surface area (Å²) in [4.78, 5) is 0. The molecule has 0 saturated carbocycles. The normalized spacial score (nSPS) is 12.7. The van der Waals surface area contributed by atoms with E-state index in [0.29, 0.717) is 5.75 Å². The third kappa shape index (κ3) is 1.89. The first-order valence-corrected chi connectivity index (χ1v) is 5.70. The van der Waals surface area contributed by atoms with Gasteiger partial charge in [0.05, 0.1) is 6.04 Å². The first kappa shape index (κ1) is 10.2. The summed E-state index contributed by atoms with van der Waals surface area (Å²) < 4.78 is 0. The quantitative estimate of drug-likeness (QED) is 0.815. The van der Waals surface area contributed by atoms with Crippen molar-refractivity contribution in [2.75, 3.05) is 0 Å². The molecule has 0 aliphatic carbocycles. The molecule has 0 radical (unpaired) electrons. The Bertz CT molecular complexity index is 451. The molecule has 0 saturated heterocycles. The van der Waals surface area contributed by atoms with Crippen LogP contribution in [-0.2, 0) is 0 Å². The van der Waals surface area contributed by atoms with Crippen LogP contribution in [0.5, 0.6) is 5.75 Å². The summed E-state index contributed by atoms with van der Waals surface area (Å²) in [7, 11) is 0. The highest BCUT2D eigenvalue weighted by atomic mass is 32.1. The maximum absolute atomic E-state index is 9.89. The smallest absolute Gasteiger partial charge is 0.123 e. The lowest BCUT2D eigenvalue weighted by Crippen LogP contribution is -2.11. The molecule has 1 aromatic carbocycles. The standard InChI is InChI=1S/C12H13NOS/c1-8-3-2-4-10(12(8)14)11(13)9-5-6-15-7-9/h2-7,11,14H,13H2,1H3/t11-/m1/s1. The molecular formula is C12H13NOS. The van der Waals surface area contributed by atoms with Crippen LogP contribution in [0.1, 0.15) is 22.7 Å². The van der Waals surface area contributed by atoms with Gasteiger partial charge in [-0.05, 0) is 34.9 Å². The molecule has 0 aliphatic heterocycles. The molecule has 1 atom stereocenters. The Labute approximate surface area is 93.0 Å². The van der Waals surface area contributed by atoms with Crippen LogP contribution in [0.3, 0.4) is 0 Å². The van der Waals surface area contributed by atoms with E-state index >= 15 is 0 Å². The number of para-hydroxylation sites is 1. The van der Waals surface area contributed by atoms with Crippen LogP contribution in [0.4, 0.5) is 0 Å². The summed E-state index contributed by atoms with van der Waals surface area (Å²) in [5.74, 6) is 0.302. The third-order valence-electron chi connectivity index (χ3n) is 2.51. The predicted molar refractivity (Wildman–Crippen MR) is 63.2 cm³/mol. The molecule has 0 fully saturated rings. The fourth-order valence-electron chi connectivity index (χ4n) is 1.56. The van der Waals surface area contributed by atoms with Gasteiger partial charge in [-0.25, -0.2) is 0 Å². The molecule has 3 heteroatoms. The lowest BCUT2D eigenvalue weighted by Gasteiger charge is -2.13. The lowest BCUT2D eigenvalue weighted by molar-refractivity contribution is 0.461. The number of aromatic hydroxyl groups is 1. The van der Waals surface area contributed by atoms with Gasteiger partial charge in [-0.15, -0.1) is 0 Å². The van der Waals surface area contributed by atoms with E-state index in [4.69, 9.17) is 5.73 Å². The predicted octanol–water partition coefficient (Wildman–Crippen LogP) is 2.81. The Hall–Kier alpha value is -1.32. The summed E-state index contributed by atoms with van der Waals surface area (Å²) in [5, 5.41) is 13.9. The van der Waals surface area contributed by atoms with Crippen molar-refractivity contribution >= 4 is 11.3 Å². The van der Waals surface area contributed by atoms with Crippen LogP contribution in [0.2, 0.25) is 0 Å². The van der Waals surface area contributed by atoms with Gasteiger partial charge in [-0.3, -0.25) is 0 Å². The number of hydrogen-bond acceptors (Lipinski definition) is 3. The SMILES string of the molecule is Cc1cccc([C@H](N)c2ccsc2)c1O. The average Bonchev–Trinajstić information content (AvgIpc) is 2.74. The van der Waals surface area contributed by atoms with Crippen LogP contribution in [0, 0.1) is 6.92 Å². The molecule has 0 bridgehead atoms.